The summed E-state index contributed by atoms with van der Waals surface area (Å²) in [5.74, 6) is 0.435. The molecule has 0 saturated carbocycles. The van der Waals surface area contributed by atoms with E-state index in [2.05, 4.69) is 5.32 Å². The minimum Gasteiger partial charge on any atom is -0.385 e. The fraction of sp³-hybridized carbons (Fsp3) is 0.276. The van der Waals surface area contributed by atoms with Crippen molar-refractivity contribution in [3.63, 3.8) is 0 Å². The highest BCUT2D eigenvalue weighted by molar-refractivity contribution is 8.00. The summed E-state index contributed by atoms with van der Waals surface area (Å²) in [5.41, 5.74) is 4.59. The Bertz CT molecular complexity index is 1450. The number of anilines is 1. The fourth-order valence-corrected chi connectivity index (χ4v) is 6.67. The molecule has 0 bridgehead atoms. The zero-order chi connectivity index (χ0) is 27.4. The van der Waals surface area contributed by atoms with Crippen molar-refractivity contribution >= 4 is 52.3 Å². The number of aryl methyl sites for hydroxylation is 1. The number of amides is 2. The normalized spacial score (nSPS) is 15.2. The molecular weight excluding hydrogens is 552 g/mol. The van der Waals surface area contributed by atoms with Gasteiger partial charge in [-0.15, -0.1) is 23.1 Å². The molecule has 1 aliphatic heterocycles. The number of thioether (sulfide) groups is 1. The number of ether oxygens (including phenoxy) is 1. The Morgan fingerprint density at radius 1 is 1.18 bits per heavy atom. The number of hydrogen-bond donors (Lipinski definition) is 1. The molecule has 0 unspecified atom stereocenters. The number of methoxy groups -OCH3 is 1. The molecule has 2 amide bonds. The Kier molecular flexibility index (Phi) is 8.72. The molecule has 5 rings (SSSR count). The van der Waals surface area contributed by atoms with Crippen molar-refractivity contribution in [1.29, 1.82) is 0 Å². The molecule has 2 aromatic carbocycles. The smallest absolute Gasteiger partial charge is 0.240 e. The van der Waals surface area contributed by atoms with Crippen LogP contribution in [0.2, 0.25) is 5.02 Å². The van der Waals surface area contributed by atoms with E-state index in [-0.39, 0.29) is 29.4 Å². The van der Waals surface area contributed by atoms with Gasteiger partial charge in [0.25, 0.3) is 0 Å². The lowest BCUT2D eigenvalue weighted by atomic mass is 10.0. The molecular formula is C29H29ClN4O3S2. The lowest BCUT2D eigenvalue weighted by Gasteiger charge is -2.23. The number of halogens is 1. The van der Waals surface area contributed by atoms with E-state index < -0.39 is 0 Å². The summed E-state index contributed by atoms with van der Waals surface area (Å²) in [6.45, 7) is 2.94. The third kappa shape index (κ3) is 6.06. The van der Waals surface area contributed by atoms with Crippen LogP contribution in [0.4, 0.5) is 5.82 Å². The Morgan fingerprint density at radius 2 is 2.00 bits per heavy atom. The van der Waals surface area contributed by atoms with E-state index in [1.54, 1.807) is 23.3 Å². The number of benzene rings is 2. The van der Waals surface area contributed by atoms with Crippen LogP contribution in [0.3, 0.4) is 0 Å². The molecule has 1 N–H and O–H groups in total. The quantitative estimate of drug-likeness (QED) is 0.250. The zero-order valence-electron chi connectivity index (χ0n) is 21.7. The molecule has 10 heteroatoms. The maximum atomic E-state index is 13.7. The van der Waals surface area contributed by atoms with Crippen LogP contribution in [0.15, 0.2) is 66.0 Å². The number of nitrogens with zero attached hydrogens (tertiary/aromatic N) is 3. The zero-order valence-corrected chi connectivity index (χ0v) is 24.1. The number of thiophene rings is 1. The number of aromatic nitrogens is 2. The van der Waals surface area contributed by atoms with Crippen LogP contribution >= 0.6 is 34.7 Å². The lowest BCUT2D eigenvalue weighted by molar-refractivity contribution is -0.122. The standard InChI is InChI=1S/C29H29ClN4O3S2/c1-19-9-11-22(12-10-19)34-29-26(27(32-34)23-8-4-15-38-23)28(20-6-3-7-21(30)16-20)39-18-25(36)33(29)17-24(35)31-13-5-14-37-2/h3-4,6-12,15-16,28H,5,13-14,17-18H2,1-2H3,(H,31,35)/t28-/m0/s1. The van der Waals surface area contributed by atoms with E-state index >= 15 is 0 Å². The average molecular weight is 581 g/mol. The van der Waals surface area contributed by atoms with Gasteiger partial charge in [-0.1, -0.05) is 47.5 Å². The highest BCUT2D eigenvalue weighted by Gasteiger charge is 2.38. The van der Waals surface area contributed by atoms with Gasteiger partial charge in [0.1, 0.15) is 18.1 Å². The molecule has 0 aliphatic carbocycles. The predicted octanol–water partition coefficient (Wildman–Crippen LogP) is 5.88. The summed E-state index contributed by atoms with van der Waals surface area (Å²) in [6.07, 6.45) is 0.692. The minimum absolute atomic E-state index is 0.108. The SMILES string of the molecule is COCCCNC(=O)CN1C(=O)CS[C@@H](c2cccc(Cl)c2)c2c(-c3cccs3)nn(-c3ccc(C)cc3)c21. The number of fused-ring (bicyclic) bond motifs is 1. The van der Waals surface area contributed by atoms with Crippen molar-refractivity contribution < 1.29 is 14.3 Å². The van der Waals surface area contributed by atoms with Crippen molar-refractivity contribution in [3.05, 3.63) is 87.8 Å². The third-order valence-electron chi connectivity index (χ3n) is 6.42. The van der Waals surface area contributed by atoms with Crippen molar-refractivity contribution in [3.8, 4) is 16.3 Å². The van der Waals surface area contributed by atoms with Crippen LogP contribution < -0.4 is 10.2 Å². The Morgan fingerprint density at radius 3 is 2.72 bits per heavy atom. The van der Waals surface area contributed by atoms with Gasteiger partial charge in [0.2, 0.25) is 11.8 Å². The van der Waals surface area contributed by atoms with E-state index in [1.807, 2.05) is 77.6 Å². The van der Waals surface area contributed by atoms with Gasteiger partial charge in [0.15, 0.2) is 0 Å². The van der Waals surface area contributed by atoms with Gasteiger partial charge in [-0.2, -0.15) is 5.10 Å². The Hall–Kier alpha value is -3.11. The fourth-order valence-electron chi connectivity index (χ4n) is 4.56. The minimum atomic E-state index is -0.231. The van der Waals surface area contributed by atoms with Crippen molar-refractivity contribution in [2.45, 2.75) is 18.6 Å². The molecule has 7 nitrogen and oxygen atoms in total. The van der Waals surface area contributed by atoms with Gasteiger partial charge in [-0.25, -0.2) is 4.68 Å². The van der Waals surface area contributed by atoms with Gasteiger partial charge in [0, 0.05) is 30.8 Å². The van der Waals surface area contributed by atoms with Gasteiger partial charge >= 0.3 is 0 Å². The first-order valence-electron chi connectivity index (χ1n) is 12.6. The maximum Gasteiger partial charge on any atom is 0.240 e. The molecule has 4 aromatic rings. The second-order valence-electron chi connectivity index (χ2n) is 9.23. The number of carbonyl (C=O) groups excluding carboxylic acids is 2. The maximum absolute atomic E-state index is 13.7. The first-order valence-corrected chi connectivity index (χ1v) is 14.9. The van der Waals surface area contributed by atoms with Gasteiger partial charge in [-0.3, -0.25) is 14.5 Å². The highest BCUT2D eigenvalue weighted by atomic mass is 35.5. The second kappa shape index (κ2) is 12.4. The summed E-state index contributed by atoms with van der Waals surface area (Å²) >= 11 is 9.54. The molecule has 1 aliphatic rings. The second-order valence-corrected chi connectivity index (χ2v) is 11.7. The third-order valence-corrected chi connectivity index (χ3v) is 8.79. The predicted molar refractivity (Wildman–Crippen MR) is 159 cm³/mol. The summed E-state index contributed by atoms with van der Waals surface area (Å²) < 4.78 is 6.90. The largest absolute Gasteiger partial charge is 0.385 e. The molecule has 2 aromatic heterocycles. The molecule has 202 valence electrons. The van der Waals surface area contributed by atoms with Crippen LogP contribution in [0.5, 0.6) is 0 Å². The monoisotopic (exact) mass is 580 g/mol. The van der Waals surface area contributed by atoms with Crippen LogP contribution in [0, 0.1) is 6.92 Å². The van der Waals surface area contributed by atoms with Crippen molar-refractivity contribution in [2.24, 2.45) is 0 Å². The van der Waals surface area contributed by atoms with Gasteiger partial charge in [0.05, 0.1) is 21.6 Å². The van der Waals surface area contributed by atoms with E-state index in [1.165, 1.54) is 11.8 Å². The number of nitrogens with one attached hydrogen (secondary N) is 1. The van der Waals surface area contributed by atoms with E-state index in [4.69, 9.17) is 21.4 Å². The topological polar surface area (TPSA) is 76.5 Å². The first kappa shape index (κ1) is 27.5. The Balaban J connectivity index is 1.69. The van der Waals surface area contributed by atoms with Crippen LogP contribution in [-0.2, 0) is 14.3 Å². The molecule has 39 heavy (non-hydrogen) atoms. The summed E-state index contributed by atoms with van der Waals surface area (Å²) in [6, 6.07) is 19.8. The van der Waals surface area contributed by atoms with Gasteiger partial charge in [-0.05, 0) is 54.6 Å². The van der Waals surface area contributed by atoms with E-state index in [0.29, 0.717) is 30.4 Å². The van der Waals surface area contributed by atoms with E-state index in [0.717, 1.165) is 32.9 Å². The van der Waals surface area contributed by atoms with Crippen LogP contribution in [0.1, 0.15) is 28.4 Å². The lowest BCUT2D eigenvalue weighted by Crippen LogP contribution is -2.42. The van der Waals surface area contributed by atoms with Crippen LogP contribution in [0.25, 0.3) is 16.3 Å². The van der Waals surface area contributed by atoms with Gasteiger partial charge < -0.3 is 10.1 Å². The summed E-state index contributed by atoms with van der Waals surface area (Å²) in [4.78, 5) is 29.3. The van der Waals surface area contributed by atoms with Crippen molar-refractivity contribution in [2.75, 3.05) is 37.5 Å². The number of hydrogen-bond acceptors (Lipinski definition) is 6. The molecule has 0 spiro atoms. The van der Waals surface area contributed by atoms with Crippen molar-refractivity contribution in [1.82, 2.24) is 15.1 Å². The number of rotatable bonds is 9. The molecule has 0 radical (unpaired) electrons. The Labute approximate surface area is 241 Å². The molecule has 0 fully saturated rings. The first-order chi connectivity index (χ1) is 19.0. The van der Waals surface area contributed by atoms with E-state index in [9.17, 15) is 9.59 Å². The molecule has 1 atom stereocenters. The molecule has 3 heterocycles. The molecule has 0 saturated heterocycles. The summed E-state index contributed by atoms with van der Waals surface area (Å²) in [5, 5.41) is 10.4. The summed E-state index contributed by atoms with van der Waals surface area (Å²) in [7, 11) is 1.63. The highest BCUT2D eigenvalue weighted by Crippen LogP contribution is 2.49. The average Bonchev–Trinajstić information content (AvgIpc) is 3.56. The van der Waals surface area contributed by atoms with Crippen LogP contribution in [-0.4, -0.2) is 54.2 Å². The number of carbonyl (C=O) groups is 2.